The monoisotopic (exact) mass is 200 g/mol. The molecule has 1 aliphatic heterocycles. The van der Waals surface area contributed by atoms with Gasteiger partial charge in [-0.2, -0.15) is 0 Å². The quantitative estimate of drug-likeness (QED) is 0.744. The molecular weight excluding hydrogens is 176 g/mol. The van der Waals surface area contributed by atoms with Crippen molar-refractivity contribution >= 4 is 0 Å². The van der Waals surface area contributed by atoms with Crippen LogP contribution < -0.4 is 5.73 Å². The van der Waals surface area contributed by atoms with E-state index in [1.54, 1.807) is 0 Å². The van der Waals surface area contributed by atoms with Gasteiger partial charge in [0.2, 0.25) is 0 Å². The summed E-state index contributed by atoms with van der Waals surface area (Å²) < 4.78 is 5.60. The van der Waals surface area contributed by atoms with Gasteiger partial charge in [-0.1, -0.05) is 0 Å². The first-order chi connectivity index (χ1) is 6.52. The lowest BCUT2D eigenvalue weighted by molar-refractivity contribution is -0.0704. The van der Waals surface area contributed by atoms with E-state index in [-0.39, 0.29) is 6.04 Å². The molecule has 84 valence electrons. The van der Waals surface area contributed by atoms with E-state index in [1.165, 1.54) is 0 Å². The summed E-state index contributed by atoms with van der Waals surface area (Å²) in [5, 5.41) is 0. The van der Waals surface area contributed by atoms with Crippen LogP contribution >= 0.6 is 0 Å². The van der Waals surface area contributed by atoms with Crippen molar-refractivity contribution in [2.45, 2.75) is 58.3 Å². The Morgan fingerprint density at radius 3 is 2.64 bits per heavy atom. The Labute approximate surface area is 87.6 Å². The largest absolute Gasteiger partial charge is 0.376 e. The van der Waals surface area contributed by atoms with Crippen molar-refractivity contribution in [2.24, 2.45) is 5.73 Å². The molecule has 0 aromatic heterocycles. The van der Waals surface area contributed by atoms with E-state index in [2.05, 4.69) is 32.6 Å². The number of rotatable bonds is 3. The minimum absolute atomic E-state index is 0.287. The van der Waals surface area contributed by atoms with Gasteiger partial charge in [-0.15, -0.1) is 0 Å². The normalized spacial score (nSPS) is 34.1. The summed E-state index contributed by atoms with van der Waals surface area (Å²) in [5.41, 5.74) is 5.82. The molecule has 0 spiro atoms. The molecule has 1 rings (SSSR count). The van der Waals surface area contributed by atoms with Crippen LogP contribution in [0.4, 0.5) is 0 Å². The summed E-state index contributed by atoms with van der Waals surface area (Å²) in [7, 11) is 0. The zero-order valence-electron chi connectivity index (χ0n) is 9.86. The molecule has 1 heterocycles. The summed E-state index contributed by atoms with van der Waals surface area (Å²) in [4.78, 5) is 2.51. The third-order valence-corrected chi connectivity index (χ3v) is 3.21. The molecule has 0 aliphatic carbocycles. The summed E-state index contributed by atoms with van der Waals surface area (Å²) >= 11 is 0. The van der Waals surface area contributed by atoms with Crippen LogP contribution in [0.5, 0.6) is 0 Å². The number of nitrogens with zero attached hydrogens (tertiary/aromatic N) is 1. The van der Waals surface area contributed by atoms with Crippen molar-refractivity contribution < 1.29 is 4.74 Å². The van der Waals surface area contributed by atoms with Crippen LogP contribution in [-0.2, 0) is 4.74 Å². The predicted octanol–water partition coefficient (Wildman–Crippen LogP) is 1.22. The second kappa shape index (κ2) is 5.10. The molecule has 0 amide bonds. The molecule has 14 heavy (non-hydrogen) atoms. The van der Waals surface area contributed by atoms with Crippen LogP contribution in [0.1, 0.15) is 34.1 Å². The van der Waals surface area contributed by atoms with E-state index < -0.39 is 0 Å². The fourth-order valence-electron chi connectivity index (χ4n) is 2.25. The lowest BCUT2D eigenvalue weighted by Crippen LogP contribution is -2.53. The lowest BCUT2D eigenvalue weighted by Gasteiger charge is -2.42. The van der Waals surface area contributed by atoms with Gasteiger partial charge in [0.05, 0.1) is 12.7 Å². The van der Waals surface area contributed by atoms with Crippen molar-refractivity contribution in [1.82, 2.24) is 4.90 Å². The summed E-state index contributed by atoms with van der Waals surface area (Å²) in [6.45, 7) is 10.6. The molecule has 1 aliphatic rings. The lowest BCUT2D eigenvalue weighted by atomic mass is 10.0. The predicted molar refractivity (Wildman–Crippen MR) is 59.3 cm³/mol. The number of nitrogens with two attached hydrogens (primary N) is 1. The minimum atomic E-state index is 0.287. The van der Waals surface area contributed by atoms with Crippen LogP contribution in [-0.4, -0.2) is 42.3 Å². The highest BCUT2D eigenvalue weighted by atomic mass is 16.5. The Bertz CT molecular complexity index is 173. The maximum absolute atomic E-state index is 5.82. The Hall–Kier alpha value is -0.120. The minimum Gasteiger partial charge on any atom is -0.376 e. The van der Waals surface area contributed by atoms with Crippen LogP contribution in [0.2, 0.25) is 0 Å². The number of ether oxygens (including phenoxy) is 1. The average Bonchev–Trinajstić information content (AvgIpc) is 2.08. The van der Waals surface area contributed by atoms with Crippen molar-refractivity contribution in [3.05, 3.63) is 0 Å². The topological polar surface area (TPSA) is 38.5 Å². The Kier molecular flexibility index (Phi) is 4.35. The van der Waals surface area contributed by atoms with E-state index in [0.717, 1.165) is 19.6 Å². The Morgan fingerprint density at radius 2 is 2.07 bits per heavy atom. The Balaban J connectivity index is 2.48. The molecule has 1 saturated heterocycles. The first-order valence-electron chi connectivity index (χ1n) is 5.65. The van der Waals surface area contributed by atoms with E-state index in [1.807, 2.05) is 0 Å². The van der Waals surface area contributed by atoms with Crippen LogP contribution in [0.15, 0.2) is 0 Å². The summed E-state index contributed by atoms with van der Waals surface area (Å²) in [6, 6.07) is 1.37. The molecule has 3 nitrogen and oxygen atoms in total. The molecule has 0 aromatic carbocycles. The summed E-state index contributed by atoms with van der Waals surface area (Å²) in [6.07, 6.45) is 1.41. The zero-order valence-corrected chi connectivity index (χ0v) is 9.86. The molecule has 0 radical (unpaired) electrons. The standard InChI is InChI=1S/C11H24N2O/c1-8(12)7-9(2)13-5-6-14-11(4)10(13)3/h8-11H,5-7,12H2,1-4H3. The van der Waals surface area contributed by atoms with Gasteiger partial charge in [0.25, 0.3) is 0 Å². The zero-order chi connectivity index (χ0) is 10.7. The van der Waals surface area contributed by atoms with Gasteiger partial charge in [-0.05, 0) is 34.1 Å². The van der Waals surface area contributed by atoms with E-state index in [4.69, 9.17) is 10.5 Å². The van der Waals surface area contributed by atoms with E-state index in [0.29, 0.717) is 18.2 Å². The van der Waals surface area contributed by atoms with Gasteiger partial charge < -0.3 is 10.5 Å². The number of morpholine rings is 1. The van der Waals surface area contributed by atoms with Crippen molar-refractivity contribution in [1.29, 1.82) is 0 Å². The molecular formula is C11H24N2O. The molecule has 0 saturated carbocycles. The van der Waals surface area contributed by atoms with Gasteiger partial charge in [0, 0.05) is 24.7 Å². The van der Waals surface area contributed by atoms with E-state index >= 15 is 0 Å². The van der Waals surface area contributed by atoms with Gasteiger partial charge in [-0.25, -0.2) is 0 Å². The molecule has 4 unspecified atom stereocenters. The molecule has 0 bridgehead atoms. The highest BCUT2D eigenvalue weighted by molar-refractivity contribution is 4.82. The third-order valence-electron chi connectivity index (χ3n) is 3.21. The van der Waals surface area contributed by atoms with Gasteiger partial charge >= 0.3 is 0 Å². The number of hydrogen-bond donors (Lipinski definition) is 1. The second-order valence-corrected chi connectivity index (χ2v) is 4.62. The molecule has 3 heteroatoms. The highest BCUT2D eigenvalue weighted by Gasteiger charge is 2.28. The van der Waals surface area contributed by atoms with Crippen LogP contribution in [0, 0.1) is 0 Å². The van der Waals surface area contributed by atoms with Gasteiger partial charge in [-0.3, -0.25) is 4.90 Å². The second-order valence-electron chi connectivity index (χ2n) is 4.62. The number of hydrogen-bond acceptors (Lipinski definition) is 3. The van der Waals surface area contributed by atoms with Gasteiger partial charge in [0.1, 0.15) is 0 Å². The van der Waals surface area contributed by atoms with Crippen molar-refractivity contribution in [3.8, 4) is 0 Å². The fourth-order valence-corrected chi connectivity index (χ4v) is 2.25. The van der Waals surface area contributed by atoms with E-state index in [9.17, 15) is 0 Å². The van der Waals surface area contributed by atoms with Gasteiger partial charge in [0.15, 0.2) is 0 Å². The third kappa shape index (κ3) is 2.94. The van der Waals surface area contributed by atoms with Crippen molar-refractivity contribution in [3.63, 3.8) is 0 Å². The SMILES string of the molecule is CC(N)CC(C)N1CCOC(C)C1C. The molecule has 1 fully saturated rings. The fraction of sp³-hybridized carbons (Fsp3) is 1.00. The summed E-state index contributed by atoms with van der Waals surface area (Å²) in [5.74, 6) is 0. The highest BCUT2D eigenvalue weighted by Crippen LogP contribution is 2.18. The molecule has 0 aromatic rings. The van der Waals surface area contributed by atoms with Crippen LogP contribution in [0.3, 0.4) is 0 Å². The Morgan fingerprint density at radius 1 is 1.43 bits per heavy atom. The maximum Gasteiger partial charge on any atom is 0.0700 e. The first-order valence-corrected chi connectivity index (χ1v) is 5.65. The first kappa shape index (κ1) is 12.0. The smallest absolute Gasteiger partial charge is 0.0700 e. The molecule has 2 N–H and O–H groups in total. The average molecular weight is 200 g/mol. The van der Waals surface area contributed by atoms with Crippen molar-refractivity contribution in [2.75, 3.05) is 13.2 Å². The maximum atomic E-state index is 5.82. The van der Waals surface area contributed by atoms with Crippen LogP contribution in [0.25, 0.3) is 0 Å². The molecule has 4 atom stereocenters.